The summed E-state index contributed by atoms with van der Waals surface area (Å²) in [4.78, 5) is 16.7. The molecule has 0 unspecified atom stereocenters. The van der Waals surface area contributed by atoms with Crippen molar-refractivity contribution in [3.63, 3.8) is 0 Å². The van der Waals surface area contributed by atoms with E-state index >= 15 is 0 Å². The Hall–Kier alpha value is -6.95. The molecule has 3 aromatic heterocycles. The Morgan fingerprint density at radius 1 is 0.370 bits per heavy atom. The minimum Gasteiger partial charge on any atom is -0.299 e. The second kappa shape index (κ2) is 12.3. The molecule has 0 atom stereocenters. The summed E-state index contributed by atoms with van der Waals surface area (Å²) < 4.78 is 3.70. The Balaban J connectivity index is 1.04. The van der Waals surface area contributed by atoms with Crippen LogP contribution in [0.25, 0.3) is 104 Å². The van der Waals surface area contributed by atoms with Crippen LogP contribution in [0.5, 0.6) is 0 Å². The number of nitrogens with zero attached hydrogens (tertiary/aromatic N) is 4. The molecule has 54 heavy (non-hydrogen) atoms. The largest absolute Gasteiger partial charge is 0.299 e. The molecule has 0 radical (unpaired) electrons. The molecular weight excluding hydrogens is 677 g/mol. The summed E-state index contributed by atoms with van der Waals surface area (Å²) >= 11 is 1.85. The molecule has 4 nitrogen and oxygen atoms in total. The first-order valence-electron chi connectivity index (χ1n) is 18.1. The fraction of sp³-hybridized carbons (Fsp3) is 0. The van der Waals surface area contributed by atoms with E-state index < -0.39 is 0 Å². The monoisotopic (exact) mass is 706 g/mol. The van der Waals surface area contributed by atoms with Gasteiger partial charge < -0.3 is 0 Å². The summed E-state index contributed by atoms with van der Waals surface area (Å²) in [6.45, 7) is 0. The number of hydrogen-bond acceptors (Lipinski definition) is 4. The lowest BCUT2D eigenvalue weighted by Gasteiger charge is -2.12. The van der Waals surface area contributed by atoms with Gasteiger partial charge in [-0.1, -0.05) is 158 Å². The smallest absolute Gasteiger partial charge is 0.164 e. The molecule has 0 saturated carbocycles. The maximum absolute atomic E-state index is 5.16. The molecule has 0 amide bonds. The number of thiazole rings is 1. The Bertz CT molecular complexity index is 3120. The summed E-state index contributed by atoms with van der Waals surface area (Å²) in [7, 11) is 0. The molecule has 5 heteroatoms. The lowest BCUT2D eigenvalue weighted by molar-refractivity contribution is 1.08. The molecule has 11 aromatic rings. The van der Waals surface area contributed by atoms with E-state index in [1.54, 1.807) is 0 Å². The molecule has 0 fully saturated rings. The molecule has 0 N–H and O–H groups in total. The van der Waals surface area contributed by atoms with E-state index in [0.29, 0.717) is 17.5 Å². The van der Waals surface area contributed by atoms with Crippen LogP contribution in [0.3, 0.4) is 0 Å². The predicted molar refractivity (Wildman–Crippen MR) is 226 cm³/mol. The quantitative estimate of drug-likeness (QED) is 0.179. The molecule has 0 aliphatic carbocycles. The van der Waals surface area contributed by atoms with E-state index in [0.717, 1.165) is 49.4 Å². The maximum Gasteiger partial charge on any atom is 0.164 e. The van der Waals surface area contributed by atoms with Gasteiger partial charge in [0.15, 0.2) is 17.5 Å². The average Bonchev–Trinajstić information content (AvgIpc) is 3.78. The van der Waals surface area contributed by atoms with Gasteiger partial charge in [0.25, 0.3) is 0 Å². The van der Waals surface area contributed by atoms with Gasteiger partial charge >= 0.3 is 0 Å². The molecule has 3 heterocycles. The number of fused-ring (bicyclic) bond motifs is 7. The average molecular weight is 707 g/mol. The van der Waals surface area contributed by atoms with Crippen LogP contribution in [0.15, 0.2) is 182 Å². The van der Waals surface area contributed by atoms with Crippen LogP contribution in [-0.4, -0.2) is 19.4 Å². The van der Waals surface area contributed by atoms with E-state index in [9.17, 15) is 0 Å². The van der Waals surface area contributed by atoms with E-state index in [-0.39, 0.29) is 0 Å². The van der Waals surface area contributed by atoms with E-state index in [1.165, 1.54) is 37.1 Å². The summed E-state index contributed by atoms with van der Waals surface area (Å²) in [5.74, 6) is 1.95. The zero-order valence-electron chi connectivity index (χ0n) is 29.0. The summed E-state index contributed by atoms with van der Waals surface area (Å²) in [5, 5.41) is 5.78. The lowest BCUT2D eigenvalue weighted by Crippen LogP contribution is -2.01. The molecule has 252 valence electrons. The van der Waals surface area contributed by atoms with Crippen LogP contribution < -0.4 is 0 Å². The van der Waals surface area contributed by atoms with Crippen LogP contribution in [-0.2, 0) is 0 Å². The molecule has 0 aliphatic rings. The van der Waals surface area contributed by atoms with Crippen molar-refractivity contribution < 1.29 is 0 Å². The zero-order chi connectivity index (χ0) is 35.6. The Morgan fingerprint density at radius 3 is 1.59 bits per heavy atom. The lowest BCUT2D eigenvalue weighted by atomic mass is 9.98. The number of rotatable bonds is 5. The van der Waals surface area contributed by atoms with Crippen molar-refractivity contribution in [3.8, 4) is 56.4 Å². The van der Waals surface area contributed by atoms with Crippen LogP contribution in [0.1, 0.15) is 0 Å². The molecule has 11 rings (SSSR count). The van der Waals surface area contributed by atoms with Gasteiger partial charge in [0, 0.05) is 27.6 Å². The van der Waals surface area contributed by atoms with Crippen molar-refractivity contribution in [1.29, 1.82) is 0 Å². The van der Waals surface area contributed by atoms with Crippen molar-refractivity contribution in [2.45, 2.75) is 0 Å². The molecule has 8 aromatic carbocycles. The molecule has 0 bridgehead atoms. The Morgan fingerprint density at radius 2 is 0.889 bits per heavy atom. The van der Waals surface area contributed by atoms with Crippen LogP contribution in [0, 0.1) is 0 Å². The second-order valence-electron chi connectivity index (χ2n) is 13.6. The van der Waals surface area contributed by atoms with Crippen LogP contribution >= 0.6 is 11.3 Å². The fourth-order valence-electron chi connectivity index (χ4n) is 7.92. The normalized spacial score (nSPS) is 11.7. The van der Waals surface area contributed by atoms with Gasteiger partial charge in [-0.25, -0.2) is 15.0 Å². The highest BCUT2D eigenvalue weighted by atomic mass is 32.1. The van der Waals surface area contributed by atoms with Gasteiger partial charge in [-0.15, -0.1) is 11.3 Å². The van der Waals surface area contributed by atoms with E-state index in [4.69, 9.17) is 15.0 Å². The number of benzene rings is 8. The molecule has 0 aliphatic heterocycles. The first kappa shape index (κ1) is 30.7. The zero-order valence-corrected chi connectivity index (χ0v) is 29.8. The number of aromatic nitrogens is 4. The first-order chi connectivity index (χ1) is 26.8. The highest BCUT2D eigenvalue weighted by Gasteiger charge is 2.19. The van der Waals surface area contributed by atoms with Crippen molar-refractivity contribution in [1.82, 2.24) is 19.4 Å². The van der Waals surface area contributed by atoms with Crippen LogP contribution in [0.2, 0.25) is 0 Å². The van der Waals surface area contributed by atoms with E-state index in [1.807, 2.05) is 11.3 Å². The third kappa shape index (κ3) is 4.94. The minimum atomic E-state index is 0.641. The molecule has 0 saturated heterocycles. The van der Waals surface area contributed by atoms with Crippen molar-refractivity contribution >= 4 is 58.8 Å². The summed E-state index contributed by atoms with van der Waals surface area (Å²) in [6, 6.07) is 64.4. The fourth-order valence-corrected chi connectivity index (χ4v) is 9.15. The van der Waals surface area contributed by atoms with Gasteiger partial charge in [-0.05, 0) is 62.5 Å². The predicted octanol–water partition coefficient (Wildman–Crippen LogP) is 13.1. The summed E-state index contributed by atoms with van der Waals surface area (Å²) in [6.07, 6.45) is 0. The van der Waals surface area contributed by atoms with Gasteiger partial charge in [0.1, 0.15) is 4.83 Å². The topological polar surface area (TPSA) is 43.1 Å². The molecular formula is C49H30N4S. The van der Waals surface area contributed by atoms with Gasteiger partial charge in [-0.3, -0.25) is 4.40 Å². The minimum absolute atomic E-state index is 0.641. The van der Waals surface area contributed by atoms with Crippen molar-refractivity contribution in [3.05, 3.63) is 182 Å². The Kier molecular flexibility index (Phi) is 7.00. The van der Waals surface area contributed by atoms with Crippen molar-refractivity contribution in [2.24, 2.45) is 0 Å². The molecule has 0 spiro atoms. The van der Waals surface area contributed by atoms with Gasteiger partial charge in [-0.2, -0.15) is 0 Å². The van der Waals surface area contributed by atoms with Crippen LogP contribution in [0.4, 0.5) is 0 Å². The number of para-hydroxylation sites is 2. The Labute approximate surface area is 315 Å². The standard InChI is InChI=1S/C49H30N4S/c1-3-18-37-32(12-1)14-10-21-39(37)47-50-46(51-48(52-47)40-22-11-15-33-13-2-4-19-38(33)40)36-17-9-16-35(30-36)31-26-28-34(29-27-31)45-41-20-5-6-23-42(41)53-43-24-7-8-25-44(43)54-49(45)53/h1-30H. The van der Waals surface area contributed by atoms with Gasteiger partial charge in [0.2, 0.25) is 0 Å². The third-order valence-electron chi connectivity index (χ3n) is 10.5. The highest BCUT2D eigenvalue weighted by Crippen LogP contribution is 2.42. The summed E-state index contributed by atoms with van der Waals surface area (Å²) in [5.41, 5.74) is 10.1. The van der Waals surface area contributed by atoms with Gasteiger partial charge in [0.05, 0.1) is 15.7 Å². The third-order valence-corrected chi connectivity index (χ3v) is 11.6. The van der Waals surface area contributed by atoms with E-state index in [2.05, 4.69) is 186 Å². The number of hydrogen-bond donors (Lipinski definition) is 0. The van der Waals surface area contributed by atoms with Crippen molar-refractivity contribution in [2.75, 3.05) is 0 Å². The maximum atomic E-state index is 5.16. The highest BCUT2D eigenvalue weighted by molar-refractivity contribution is 7.24. The SMILES string of the molecule is c1cc(-c2ccc(-c3c4ccccc4n4c3sc3ccccc34)cc2)cc(-c2nc(-c3cccc4ccccc34)nc(-c3cccc4ccccc34)n2)c1. The first-order valence-corrected chi connectivity index (χ1v) is 18.9. The second-order valence-corrected chi connectivity index (χ2v) is 14.7.